The van der Waals surface area contributed by atoms with Crippen LogP contribution in [0.4, 0.5) is 0 Å². The van der Waals surface area contributed by atoms with Crippen LogP contribution in [0.2, 0.25) is 0 Å². The molecule has 0 bridgehead atoms. The van der Waals surface area contributed by atoms with Gasteiger partial charge in [-0.3, -0.25) is 0 Å². The summed E-state index contributed by atoms with van der Waals surface area (Å²) in [5.74, 6) is 0.651. The van der Waals surface area contributed by atoms with Gasteiger partial charge >= 0.3 is 18.9 Å². The smallest absolute Gasteiger partial charge is 0.655 e. The van der Waals surface area contributed by atoms with Crippen LogP contribution in [0.5, 0.6) is 0 Å². The molecule has 2 aromatic carbocycles. The van der Waals surface area contributed by atoms with E-state index in [1.807, 2.05) is 0 Å². The van der Waals surface area contributed by atoms with Crippen LogP contribution >= 0.6 is 0 Å². The summed E-state index contributed by atoms with van der Waals surface area (Å²) >= 11 is 0. The van der Waals surface area contributed by atoms with Crippen LogP contribution in [0.1, 0.15) is 30.0 Å². The zero-order chi connectivity index (χ0) is 12.9. The molecule has 1 aliphatic rings. The van der Waals surface area contributed by atoms with E-state index in [-0.39, 0.29) is 18.9 Å². The van der Waals surface area contributed by atoms with Gasteiger partial charge in [-0.2, -0.15) is 0 Å². The van der Waals surface area contributed by atoms with Crippen molar-refractivity contribution in [2.45, 2.75) is 25.3 Å². The van der Waals surface area contributed by atoms with Crippen LogP contribution in [-0.4, -0.2) is 6.54 Å². The van der Waals surface area contributed by atoms with Crippen LogP contribution in [0.15, 0.2) is 60.7 Å². The van der Waals surface area contributed by atoms with Crippen molar-refractivity contribution in [3.8, 4) is 0 Å². The van der Waals surface area contributed by atoms with Crippen LogP contribution in [0, 0.1) is 5.92 Å². The van der Waals surface area contributed by atoms with E-state index in [0.29, 0.717) is 12.0 Å². The Morgan fingerprint density at radius 3 is 2.25 bits per heavy atom. The topological polar surface area (TPSA) is 14.1 Å². The number of piperidine rings is 1. The quantitative estimate of drug-likeness (QED) is 0.744. The van der Waals surface area contributed by atoms with Gasteiger partial charge in [0.2, 0.25) is 0 Å². The van der Waals surface area contributed by atoms with Crippen molar-refractivity contribution in [1.29, 1.82) is 0 Å². The maximum Gasteiger partial charge on any atom is 1.00 e. The molecule has 1 saturated heterocycles. The fraction of sp³-hybridized carbons (Fsp3) is 0.333. The number of rotatable bonds is 3. The maximum atomic E-state index is 4.88. The zero-order valence-corrected chi connectivity index (χ0v) is 12.2. The molecule has 0 unspecified atom stereocenters. The van der Waals surface area contributed by atoms with Crippen molar-refractivity contribution in [3.63, 3.8) is 0 Å². The van der Waals surface area contributed by atoms with E-state index in [2.05, 4.69) is 60.7 Å². The molecular weight excluding hydrogens is 237 g/mol. The zero-order valence-electron chi connectivity index (χ0n) is 12.2. The van der Waals surface area contributed by atoms with Crippen molar-refractivity contribution >= 4 is 0 Å². The van der Waals surface area contributed by atoms with Crippen LogP contribution in [0.25, 0.3) is 5.32 Å². The Balaban J connectivity index is 0.00000147. The van der Waals surface area contributed by atoms with Crippen LogP contribution in [-0.2, 0) is 6.42 Å². The van der Waals surface area contributed by atoms with Gasteiger partial charge in [0, 0.05) is 0 Å². The first kappa shape index (κ1) is 15.4. The van der Waals surface area contributed by atoms with E-state index in [0.717, 1.165) is 13.0 Å². The number of hydrogen-bond donors (Lipinski definition) is 0. The molecule has 0 amide bonds. The third kappa shape index (κ3) is 3.76. The molecule has 98 valence electrons. The Labute approximate surface area is 134 Å². The van der Waals surface area contributed by atoms with Gasteiger partial charge in [0.15, 0.2) is 0 Å². The average Bonchev–Trinajstić information content (AvgIpc) is 2.50. The summed E-state index contributed by atoms with van der Waals surface area (Å²) in [4.78, 5) is 0. The first-order chi connectivity index (χ1) is 9.43. The fourth-order valence-corrected chi connectivity index (χ4v) is 3.05. The molecule has 1 nitrogen and oxygen atoms in total. The second kappa shape index (κ2) is 7.69. The predicted molar refractivity (Wildman–Crippen MR) is 80.3 cm³/mol. The first-order valence-electron chi connectivity index (χ1n) is 7.19. The molecule has 0 aliphatic carbocycles. The molecule has 1 aliphatic heterocycles. The molecule has 2 heteroatoms. The van der Waals surface area contributed by atoms with Gasteiger partial charge < -0.3 is 5.32 Å². The summed E-state index contributed by atoms with van der Waals surface area (Å²) < 4.78 is 0. The summed E-state index contributed by atoms with van der Waals surface area (Å²) in [7, 11) is 0. The van der Waals surface area contributed by atoms with E-state index < -0.39 is 0 Å². The third-order valence-electron chi connectivity index (χ3n) is 3.99. The van der Waals surface area contributed by atoms with Gasteiger partial charge in [0.05, 0.1) is 0 Å². The minimum Gasteiger partial charge on any atom is -0.655 e. The van der Waals surface area contributed by atoms with Crippen molar-refractivity contribution in [2.75, 3.05) is 6.54 Å². The summed E-state index contributed by atoms with van der Waals surface area (Å²) in [5.41, 5.74) is 2.81. The van der Waals surface area contributed by atoms with Crippen molar-refractivity contribution < 1.29 is 18.9 Å². The monoisotopic (exact) mass is 257 g/mol. The fourth-order valence-electron chi connectivity index (χ4n) is 3.05. The van der Waals surface area contributed by atoms with E-state index >= 15 is 0 Å². The Hall–Kier alpha value is -1.00. The SMILES string of the molecule is [Li+].c1ccc(C[C@H]2CCC[N-][C@@H]2c2ccccc2)cc1. The Kier molecular flexibility index (Phi) is 5.92. The predicted octanol–water partition coefficient (Wildman–Crippen LogP) is 1.76. The van der Waals surface area contributed by atoms with Crippen molar-refractivity contribution in [1.82, 2.24) is 0 Å². The van der Waals surface area contributed by atoms with Gasteiger partial charge in [0.25, 0.3) is 0 Å². The van der Waals surface area contributed by atoms with E-state index in [1.54, 1.807) is 0 Å². The molecule has 0 spiro atoms. The average molecular weight is 257 g/mol. The molecule has 20 heavy (non-hydrogen) atoms. The van der Waals surface area contributed by atoms with Crippen LogP contribution < -0.4 is 18.9 Å². The van der Waals surface area contributed by atoms with Gasteiger partial charge in [-0.15, -0.1) is 12.6 Å². The molecule has 2 aromatic rings. The molecule has 1 heterocycles. The van der Waals surface area contributed by atoms with Gasteiger partial charge in [-0.1, -0.05) is 79.1 Å². The molecular formula is C18H20LiN. The van der Waals surface area contributed by atoms with Crippen molar-refractivity contribution in [3.05, 3.63) is 77.1 Å². The molecule has 1 fully saturated rings. The van der Waals surface area contributed by atoms with Gasteiger partial charge in [-0.25, -0.2) is 0 Å². The van der Waals surface area contributed by atoms with Crippen LogP contribution in [0.3, 0.4) is 0 Å². The number of benzene rings is 2. The number of hydrogen-bond acceptors (Lipinski definition) is 0. The molecule has 0 saturated carbocycles. The van der Waals surface area contributed by atoms with Gasteiger partial charge in [-0.05, 0) is 17.9 Å². The number of nitrogens with zero attached hydrogens (tertiary/aromatic N) is 1. The summed E-state index contributed by atoms with van der Waals surface area (Å²) in [6, 6.07) is 22.0. The summed E-state index contributed by atoms with van der Waals surface area (Å²) in [6.07, 6.45) is 3.67. The maximum absolute atomic E-state index is 4.88. The molecule has 3 rings (SSSR count). The van der Waals surface area contributed by atoms with E-state index in [9.17, 15) is 0 Å². The Morgan fingerprint density at radius 2 is 1.55 bits per heavy atom. The van der Waals surface area contributed by atoms with E-state index in [1.165, 1.54) is 24.0 Å². The standard InChI is InChI=1S/C18H20N.Li/c1-3-8-15(9-4-1)14-17-12-7-13-19-18(17)16-10-5-2-6-11-16;/h1-6,8-11,17-18H,7,12-14H2;/q-1;+1/t17-,18-;/m1./s1. The largest absolute Gasteiger partial charge is 1.00 e. The minimum absolute atomic E-state index is 0. The van der Waals surface area contributed by atoms with Crippen molar-refractivity contribution in [2.24, 2.45) is 5.92 Å². The normalized spacial score (nSPS) is 22.0. The first-order valence-corrected chi connectivity index (χ1v) is 7.19. The van der Waals surface area contributed by atoms with E-state index in [4.69, 9.17) is 5.32 Å². The molecule has 0 aromatic heterocycles. The Morgan fingerprint density at radius 1 is 0.900 bits per heavy atom. The minimum atomic E-state index is 0. The Bertz CT molecular complexity index is 497. The molecule has 2 atom stereocenters. The summed E-state index contributed by atoms with van der Waals surface area (Å²) in [6.45, 7) is 1.02. The second-order valence-corrected chi connectivity index (χ2v) is 5.35. The molecule has 0 radical (unpaired) electrons. The molecule has 0 N–H and O–H groups in total. The summed E-state index contributed by atoms with van der Waals surface area (Å²) in [5, 5.41) is 4.88. The second-order valence-electron chi connectivity index (χ2n) is 5.35. The third-order valence-corrected chi connectivity index (χ3v) is 3.99. The van der Waals surface area contributed by atoms with Gasteiger partial charge in [0.1, 0.15) is 0 Å².